The van der Waals surface area contributed by atoms with E-state index >= 15 is 0 Å². The highest BCUT2D eigenvalue weighted by Gasteiger charge is 2.32. The average Bonchev–Trinajstić information content (AvgIpc) is 2.77. The number of non-ortho nitro benzene ring substituents is 1. The highest BCUT2D eigenvalue weighted by atomic mass is 32.2. The van der Waals surface area contributed by atoms with E-state index < -0.39 is 21.0 Å². The number of hydrazine groups is 1. The van der Waals surface area contributed by atoms with E-state index in [1.165, 1.54) is 22.7 Å². The first-order valence-electron chi connectivity index (χ1n) is 10.6. The summed E-state index contributed by atoms with van der Waals surface area (Å²) in [5.74, 6) is -0.207. The van der Waals surface area contributed by atoms with Crippen LogP contribution in [0.5, 0.6) is 0 Å². The monoisotopic (exact) mass is 463 g/mol. The van der Waals surface area contributed by atoms with Crippen LogP contribution in [-0.4, -0.2) is 61.9 Å². The molecule has 2 N–H and O–H groups in total. The van der Waals surface area contributed by atoms with E-state index in [2.05, 4.69) is 33.4 Å². The second kappa shape index (κ2) is 10.7. The molecule has 1 aromatic carbocycles. The molecule has 11 heteroatoms. The topological polar surface area (TPSA) is 125 Å². The Balaban J connectivity index is 1.55. The molecule has 2 aliphatic rings. The van der Waals surface area contributed by atoms with Crippen molar-refractivity contribution in [2.45, 2.75) is 43.0 Å². The quantitative estimate of drug-likeness (QED) is 0.326. The molecular formula is C21H29N5O5S. The van der Waals surface area contributed by atoms with Gasteiger partial charge in [-0.05, 0) is 49.8 Å². The molecule has 1 atom stereocenters. The van der Waals surface area contributed by atoms with Crippen LogP contribution >= 0.6 is 0 Å². The fourth-order valence-corrected chi connectivity index (χ4v) is 4.91. The predicted octanol–water partition coefficient (Wildman–Crippen LogP) is 1.92. The van der Waals surface area contributed by atoms with Gasteiger partial charge >= 0.3 is 0 Å². The van der Waals surface area contributed by atoms with Gasteiger partial charge in [0.1, 0.15) is 6.04 Å². The second-order valence-electron chi connectivity index (χ2n) is 7.99. The Morgan fingerprint density at radius 1 is 1.25 bits per heavy atom. The molecule has 1 aromatic rings. The fraction of sp³-hybridized carbons (Fsp3) is 0.476. The van der Waals surface area contributed by atoms with E-state index in [0.29, 0.717) is 19.5 Å². The number of amides is 1. The van der Waals surface area contributed by atoms with Crippen molar-refractivity contribution in [2.24, 2.45) is 0 Å². The highest BCUT2D eigenvalue weighted by molar-refractivity contribution is 7.89. The van der Waals surface area contributed by atoms with Crippen molar-refractivity contribution in [1.82, 2.24) is 20.1 Å². The number of nitro benzene ring substituents is 1. The van der Waals surface area contributed by atoms with Crippen LogP contribution in [0.15, 0.2) is 53.1 Å². The molecule has 174 valence electrons. The minimum absolute atomic E-state index is 0.0911. The summed E-state index contributed by atoms with van der Waals surface area (Å²) in [4.78, 5) is 27.5. The Bertz CT molecular complexity index is 990. The third kappa shape index (κ3) is 6.38. The van der Waals surface area contributed by atoms with Crippen molar-refractivity contribution in [3.05, 3.63) is 58.3 Å². The van der Waals surface area contributed by atoms with E-state index in [1.807, 2.05) is 7.05 Å². The maximum atomic E-state index is 12.8. The molecule has 32 heavy (non-hydrogen) atoms. The molecule has 1 fully saturated rings. The Morgan fingerprint density at radius 3 is 2.69 bits per heavy atom. The summed E-state index contributed by atoms with van der Waals surface area (Å²) in [6.07, 6.45) is 10.1. The maximum Gasteiger partial charge on any atom is 0.269 e. The van der Waals surface area contributed by atoms with Crippen LogP contribution < -0.4 is 10.1 Å². The van der Waals surface area contributed by atoms with Gasteiger partial charge in [-0.2, -0.15) is 0 Å². The molecule has 0 unspecified atom stereocenters. The zero-order valence-electron chi connectivity index (χ0n) is 18.1. The maximum absolute atomic E-state index is 12.8. The zero-order valence-corrected chi connectivity index (χ0v) is 18.9. The van der Waals surface area contributed by atoms with Gasteiger partial charge in [0, 0.05) is 45.0 Å². The van der Waals surface area contributed by atoms with E-state index in [9.17, 15) is 23.3 Å². The number of allylic oxidation sites excluding steroid dienone is 2. The molecule has 0 bridgehead atoms. The second-order valence-corrected chi connectivity index (χ2v) is 9.65. The lowest BCUT2D eigenvalue weighted by Gasteiger charge is -2.34. The molecule has 0 aromatic heterocycles. The first kappa shape index (κ1) is 23.9. The van der Waals surface area contributed by atoms with Crippen LogP contribution in [-0.2, 0) is 14.8 Å². The summed E-state index contributed by atoms with van der Waals surface area (Å²) in [7, 11) is -1.95. The number of likely N-dealkylation sites (N-methyl/N-ethyl adjacent to an activating group) is 1. The molecule has 0 radical (unpaired) electrons. The summed E-state index contributed by atoms with van der Waals surface area (Å²) >= 11 is 0. The van der Waals surface area contributed by atoms with E-state index in [1.54, 1.807) is 0 Å². The third-order valence-corrected chi connectivity index (χ3v) is 6.82. The SMILES string of the molecule is CN1C=C(CCCNC(=O)[C@@H]2CCCCN2NS(=O)(=O)c2ccc([N+](=O)[O-])cc2)C=CC1. The van der Waals surface area contributed by atoms with Gasteiger partial charge in [-0.3, -0.25) is 14.9 Å². The van der Waals surface area contributed by atoms with Crippen molar-refractivity contribution in [3.8, 4) is 0 Å². The fourth-order valence-electron chi connectivity index (χ4n) is 3.79. The first-order valence-corrected chi connectivity index (χ1v) is 12.1. The van der Waals surface area contributed by atoms with Gasteiger partial charge in [0.15, 0.2) is 0 Å². The molecule has 3 rings (SSSR count). The van der Waals surface area contributed by atoms with E-state index in [0.717, 1.165) is 44.4 Å². The molecule has 1 saturated heterocycles. The third-order valence-electron chi connectivity index (χ3n) is 5.45. The minimum Gasteiger partial charge on any atom is -0.376 e. The number of hydrogen-bond acceptors (Lipinski definition) is 7. The Morgan fingerprint density at radius 2 is 2.00 bits per heavy atom. The lowest BCUT2D eigenvalue weighted by Crippen LogP contribution is -2.56. The first-order chi connectivity index (χ1) is 15.3. The van der Waals surface area contributed by atoms with Crippen molar-refractivity contribution in [2.75, 3.05) is 26.7 Å². The number of carbonyl (C=O) groups is 1. The number of hydrogen-bond donors (Lipinski definition) is 2. The van der Waals surface area contributed by atoms with Crippen LogP contribution in [0.3, 0.4) is 0 Å². The smallest absolute Gasteiger partial charge is 0.269 e. The Hall–Kier alpha value is -2.76. The summed E-state index contributed by atoms with van der Waals surface area (Å²) in [5.41, 5.74) is 1.02. The van der Waals surface area contributed by atoms with Crippen molar-refractivity contribution in [3.63, 3.8) is 0 Å². The molecule has 0 saturated carbocycles. The van der Waals surface area contributed by atoms with Crippen LogP contribution in [0.25, 0.3) is 0 Å². The number of piperidine rings is 1. The van der Waals surface area contributed by atoms with Crippen LogP contribution in [0.1, 0.15) is 32.1 Å². The number of rotatable bonds is 9. The van der Waals surface area contributed by atoms with Gasteiger partial charge in [0.25, 0.3) is 15.7 Å². The minimum atomic E-state index is -3.96. The number of carbonyl (C=O) groups excluding carboxylic acids is 1. The average molecular weight is 464 g/mol. The van der Waals surface area contributed by atoms with Crippen molar-refractivity contribution < 1.29 is 18.1 Å². The summed E-state index contributed by atoms with van der Waals surface area (Å²) in [5, 5.41) is 15.2. The highest BCUT2D eigenvalue weighted by Crippen LogP contribution is 2.20. The van der Waals surface area contributed by atoms with Gasteiger partial charge < -0.3 is 10.2 Å². The van der Waals surface area contributed by atoms with Gasteiger partial charge in [0.2, 0.25) is 5.91 Å². The van der Waals surface area contributed by atoms with Gasteiger partial charge in [-0.25, -0.2) is 13.4 Å². The summed E-state index contributed by atoms with van der Waals surface area (Å²) in [6, 6.07) is 4.06. The van der Waals surface area contributed by atoms with E-state index in [-0.39, 0.29) is 16.5 Å². The number of nitrogens with zero attached hydrogens (tertiary/aromatic N) is 3. The number of nitrogens with one attached hydrogen (secondary N) is 2. The molecule has 0 aliphatic carbocycles. The molecular weight excluding hydrogens is 434 g/mol. The molecule has 10 nitrogen and oxygen atoms in total. The molecule has 2 heterocycles. The van der Waals surface area contributed by atoms with Crippen LogP contribution in [0, 0.1) is 10.1 Å². The lowest BCUT2D eigenvalue weighted by molar-refractivity contribution is -0.384. The number of benzene rings is 1. The number of sulfonamides is 1. The van der Waals surface area contributed by atoms with Crippen molar-refractivity contribution >= 4 is 21.6 Å². The molecule has 0 spiro atoms. The Labute approximate surface area is 188 Å². The van der Waals surface area contributed by atoms with Crippen LogP contribution in [0.4, 0.5) is 5.69 Å². The normalized spacial score (nSPS) is 19.5. The lowest BCUT2D eigenvalue weighted by atomic mass is 10.0. The van der Waals surface area contributed by atoms with E-state index in [4.69, 9.17) is 0 Å². The molecule has 2 aliphatic heterocycles. The number of nitro groups is 1. The zero-order chi connectivity index (χ0) is 23.1. The van der Waals surface area contributed by atoms with Crippen molar-refractivity contribution in [1.29, 1.82) is 0 Å². The predicted molar refractivity (Wildman–Crippen MR) is 120 cm³/mol. The summed E-state index contributed by atoms with van der Waals surface area (Å²) in [6.45, 7) is 1.81. The van der Waals surface area contributed by atoms with Gasteiger partial charge in [-0.15, -0.1) is 4.83 Å². The van der Waals surface area contributed by atoms with Gasteiger partial charge in [0.05, 0.1) is 9.82 Å². The Kier molecular flexibility index (Phi) is 7.99. The van der Waals surface area contributed by atoms with Gasteiger partial charge in [-0.1, -0.05) is 12.2 Å². The molecule has 1 amide bonds. The van der Waals surface area contributed by atoms with Crippen LogP contribution in [0.2, 0.25) is 0 Å². The summed E-state index contributed by atoms with van der Waals surface area (Å²) < 4.78 is 25.5. The standard InChI is InChI=1S/C21H29N5O5S/c1-24-14-5-7-17(16-24)6-4-13-22-21(27)20-8-2-3-15-25(20)23-32(30,31)19-11-9-18(10-12-19)26(28)29/h5,7,9-12,16,20,23H,2-4,6,8,13-15H2,1H3,(H,22,27)/t20-/m0/s1. The largest absolute Gasteiger partial charge is 0.376 e.